The quantitative estimate of drug-likeness (QED) is 0.0398. The summed E-state index contributed by atoms with van der Waals surface area (Å²) in [6.07, 6.45) is 2.54. The minimum atomic E-state index is -1.43. The summed E-state index contributed by atoms with van der Waals surface area (Å²) in [6, 6.07) is 24.1. The van der Waals surface area contributed by atoms with Gasteiger partial charge in [-0.25, -0.2) is 29.1 Å². The van der Waals surface area contributed by atoms with Crippen molar-refractivity contribution in [1.29, 1.82) is 0 Å². The molecule has 69 heavy (non-hydrogen) atoms. The topological polar surface area (TPSA) is 158 Å². The average Bonchev–Trinajstić information content (AvgIpc) is 3.75. The number of benzene rings is 4. The molecule has 0 saturated carbocycles. The van der Waals surface area contributed by atoms with Gasteiger partial charge in [0.1, 0.15) is 41.6 Å². The number of fused-ring (bicyclic) bond motifs is 1. The molecule has 0 bridgehead atoms. The van der Waals surface area contributed by atoms with Crippen LogP contribution in [-0.4, -0.2) is 125 Å². The van der Waals surface area contributed by atoms with Gasteiger partial charge in [-0.15, -0.1) is 11.3 Å². The normalized spacial score (nSPS) is 14.1. The molecule has 0 amide bonds. The number of halogens is 2. The van der Waals surface area contributed by atoms with E-state index in [-0.39, 0.29) is 18.9 Å². The summed E-state index contributed by atoms with van der Waals surface area (Å²) < 4.78 is 45.1. The number of carboxylic acids is 1. The van der Waals surface area contributed by atoms with Crippen LogP contribution >= 0.6 is 35.0 Å². The number of thiophene rings is 1. The first-order valence-electron chi connectivity index (χ1n) is 22.4. The van der Waals surface area contributed by atoms with E-state index in [0.29, 0.717) is 83.3 Å². The number of para-hydroxylation sites is 2. The van der Waals surface area contributed by atoms with Crippen LogP contribution in [0.3, 0.4) is 0 Å². The van der Waals surface area contributed by atoms with E-state index in [0.717, 1.165) is 61.5 Å². The molecule has 18 heteroatoms. The first kappa shape index (κ1) is 49.3. The maximum Gasteiger partial charge on any atom is 0.345 e. The maximum absolute atomic E-state index is 14.5. The Morgan fingerprint density at radius 2 is 1.74 bits per heavy atom. The van der Waals surface area contributed by atoms with Crippen LogP contribution in [0.15, 0.2) is 97.5 Å². The summed E-state index contributed by atoms with van der Waals surface area (Å²) in [5.74, 6) is 0.539. The Bertz CT molecular complexity index is 2920. The van der Waals surface area contributed by atoms with Gasteiger partial charge in [0.2, 0.25) is 12.0 Å². The number of aliphatic carboxylic acids is 1. The highest BCUT2D eigenvalue weighted by Gasteiger charge is 2.30. The number of hydrogen-bond acceptors (Lipinski definition) is 14. The number of likely N-dealkylation sites (N-methyl/N-ethyl adjacent to an activating group) is 1. The Labute approximate surface area is 413 Å². The van der Waals surface area contributed by atoms with Gasteiger partial charge in [-0.1, -0.05) is 54.1 Å². The van der Waals surface area contributed by atoms with Gasteiger partial charge in [0.15, 0.2) is 17.4 Å². The largest absolute Gasteiger partial charge is 0.505 e. The molecule has 8 rings (SSSR count). The minimum absolute atomic E-state index is 0.0143. The molecule has 1 aliphatic rings. The van der Waals surface area contributed by atoms with Gasteiger partial charge in [0.25, 0.3) is 0 Å². The molecule has 360 valence electrons. The van der Waals surface area contributed by atoms with Crippen molar-refractivity contribution in [3.05, 3.63) is 125 Å². The van der Waals surface area contributed by atoms with Crippen LogP contribution in [0.1, 0.15) is 23.2 Å². The average molecular weight is 997 g/mol. The molecule has 2 N–H and O–H groups in total. The van der Waals surface area contributed by atoms with Crippen molar-refractivity contribution in [2.45, 2.75) is 32.5 Å². The van der Waals surface area contributed by atoms with Crippen molar-refractivity contribution < 1.29 is 47.0 Å². The molecule has 3 aromatic heterocycles. The summed E-state index contributed by atoms with van der Waals surface area (Å²) >= 11 is 9.89. The van der Waals surface area contributed by atoms with Crippen LogP contribution in [-0.2, 0) is 22.0 Å². The lowest BCUT2D eigenvalue weighted by atomic mass is 9.95. The molecular formula is C51H53ClFN6O8S2+. The number of quaternary nitrogens is 1. The third-order valence-corrected chi connectivity index (χ3v) is 14.6. The standard InChI is InChI=1S/C51H52ClFN6O8S2/c1-32-36(15-17-42(46(32)52)65-26-22-58-20-24-59(2,25-21-58)23-9-27-68-64-4)44-45-49(55-31-56-50(45)69-47(44)34-14-16-38(53)39(60)28-34)67-43(51(61)62)29-33-10-5-7-12-40(33)66-30-35-18-19-54-48(57-35)37-11-6-8-13-41(37)63-3/h5-8,10-19,28,31,43H,9,20-27,29-30H2,1-4H3,(H-,60,61,62)/p+1. The van der Waals surface area contributed by atoms with Gasteiger partial charge in [-0.2, -0.15) is 0 Å². The number of carbonyl (C=O) groups is 1. The number of aromatic nitrogens is 4. The molecule has 4 heterocycles. The van der Waals surface area contributed by atoms with Gasteiger partial charge >= 0.3 is 5.97 Å². The van der Waals surface area contributed by atoms with Crippen LogP contribution in [0, 0.1) is 12.7 Å². The fourth-order valence-electron chi connectivity index (χ4n) is 8.38. The highest BCUT2D eigenvalue weighted by atomic mass is 35.5. The van der Waals surface area contributed by atoms with Crippen LogP contribution < -0.4 is 18.9 Å². The Kier molecular flexibility index (Phi) is 16.1. The number of aromatic hydroxyl groups is 1. The Hall–Kier alpha value is -6.08. The third-order valence-electron chi connectivity index (χ3n) is 12.2. The lowest BCUT2D eigenvalue weighted by Crippen LogP contribution is -2.58. The van der Waals surface area contributed by atoms with Gasteiger partial charge in [0, 0.05) is 54.9 Å². The van der Waals surface area contributed by atoms with Crippen molar-refractivity contribution in [1.82, 2.24) is 24.8 Å². The van der Waals surface area contributed by atoms with E-state index in [2.05, 4.69) is 26.9 Å². The number of carboxylic acid groups (broad SMARTS) is 1. The Morgan fingerprint density at radius 1 is 0.957 bits per heavy atom. The molecule has 1 fully saturated rings. The highest BCUT2D eigenvalue weighted by Crippen LogP contribution is 2.50. The molecule has 0 aliphatic carbocycles. The summed E-state index contributed by atoms with van der Waals surface area (Å²) in [5.41, 5.74) is 4.32. The summed E-state index contributed by atoms with van der Waals surface area (Å²) in [4.78, 5) is 34.8. The van der Waals surface area contributed by atoms with Crippen molar-refractivity contribution >= 4 is 51.2 Å². The fraction of sp³-hybridized carbons (Fsp3) is 0.314. The zero-order chi connectivity index (χ0) is 48.5. The number of rotatable bonds is 21. The predicted octanol–water partition coefficient (Wildman–Crippen LogP) is 9.78. The number of hydrogen-bond donors (Lipinski definition) is 2. The highest BCUT2D eigenvalue weighted by molar-refractivity contribution is 7.94. The first-order valence-corrected chi connectivity index (χ1v) is 24.5. The van der Waals surface area contributed by atoms with E-state index >= 15 is 0 Å². The lowest BCUT2D eigenvalue weighted by molar-refractivity contribution is -0.913. The zero-order valence-electron chi connectivity index (χ0n) is 38.7. The van der Waals surface area contributed by atoms with E-state index in [1.165, 1.54) is 41.8 Å². The first-order chi connectivity index (χ1) is 33.4. The molecule has 1 unspecified atom stereocenters. The van der Waals surface area contributed by atoms with E-state index in [9.17, 15) is 19.4 Å². The smallest absolute Gasteiger partial charge is 0.345 e. The summed E-state index contributed by atoms with van der Waals surface area (Å²) in [5, 5.41) is 22.0. The number of methoxy groups -OCH3 is 1. The second kappa shape index (κ2) is 22.6. The van der Waals surface area contributed by atoms with E-state index < -0.39 is 23.6 Å². The molecule has 7 aromatic rings. The van der Waals surface area contributed by atoms with Crippen LogP contribution in [0.5, 0.6) is 28.9 Å². The SMILES string of the molecule is COSCCC[N+]1(C)CCN(CCOc2ccc(-c3c(-c4ccc(F)c(O)c4)sc4ncnc(OC(Cc5ccccc5OCc5ccnc(-c6ccccc6OC)n5)C(=O)O)c34)c(C)c2Cl)CC1. The van der Waals surface area contributed by atoms with Crippen molar-refractivity contribution in [2.24, 2.45) is 0 Å². The van der Waals surface area contributed by atoms with Gasteiger partial charge < -0.3 is 37.8 Å². The third kappa shape index (κ3) is 11.7. The van der Waals surface area contributed by atoms with Gasteiger partial charge in [-0.3, -0.25) is 4.90 Å². The van der Waals surface area contributed by atoms with Crippen LogP contribution in [0.2, 0.25) is 5.02 Å². The number of phenolic OH excluding ortho intramolecular Hbond substituents is 1. The van der Waals surface area contributed by atoms with Crippen LogP contribution in [0.4, 0.5) is 4.39 Å². The Morgan fingerprint density at radius 3 is 2.51 bits per heavy atom. The second-order valence-corrected chi connectivity index (χ2v) is 19.2. The van der Waals surface area contributed by atoms with E-state index in [1.54, 1.807) is 56.8 Å². The number of ether oxygens (including phenoxy) is 4. The number of phenols is 1. The monoisotopic (exact) mass is 995 g/mol. The predicted molar refractivity (Wildman–Crippen MR) is 267 cm³/mol. The molecule has 1 aliphatic heterocycles. The minimum Gasteiger partial charge on any atom is -0.505 e. The molecular weight excluding hydrogens is 943 g/mol. The molecule has 0 radical (unpaired) electrons. The van der Waals surface area contributed by atoms with Crippen LogP contribution in [0.25, 0.3) is 43.2 Å². The van der Waals surface area contributed by atoms with E-state index in [4.69, 9.17) is 39.7 Å². The summed E-state index contributed by atoms with van der Waals surface area (Å²) in [6.45, 7) is 8.34. The molecule has 4 aromatic carbocycles. The van der Waals surface area contributed by atoms with Gasteiger partial charge in [-0.05, 0) is 83.7 Å². The van der Waals surface area contributed by atoms with E-state index in [1.807, 2.05) is 43.3 Å². The van der Waals surface area contributed by atoms with Crippen molar-refractivity contribution in [3.63, 3.8) is 0 Å². The maximum atomic E-state index is 14.5. The fourth-order valence-corrected chi connectivity index (χ4v) is 10.2. The second-order valence-electron chi connectivity index (χ2n) is 16.8. The number of piperazine rings is 1. The molecule has 1 atom stereocenters. The zero-order valence-corrected chi connectivity index (χ0v) is 41.1. The number of nitrogens with zero attached hydrogens (tertiary/aromatic N) is 6. The molecule has 1 saturated heterocycles. The molecule has 14 nitrogen and oxygen atoms in total. The van der Waals surface area contributed by atoms with Gasteiger partial charge in [0.05, 0.1) is 62.6 Å². The molecule has 0 spiro atoms. The summed E-state index contributed by atoms with van der Waals surface area (Å²) in [7, 11) is 5.62. The Balaban J connectivity index is 1.04. The van der Waals surface area contributed by atoms with Crippen molar-refractivity contribution in [2.75, 3.05) is 72.9 Å². The lowest BCUT2D eigenvalue weighted by Gasteiger charge is -2.42. The van der Waals surface area contributed by atoms with Crippen molar-refractivity contribution in [3.8, 4) is 61.8 Å².